The molecule has 1 heterocycles. The van der Waals surface area contributed by atoms with Gasteiger partial charge in [0.1, 0.15) is 0 Å². The van der Waals surface area contributed by atoms with Gasteiger partial charge in [-0.05, 0) is 51.1 Å². The number of anilines is 2. The number of amides is 1. The smallest absolute Gasteiger partial charge is 0.276 e. The summed E-state index contributed by atoms with van der Waals surface area (Å²) in [4.78, 5) is 27.3. The summed E-state index contributed by atoms with van der Waals surface area (Å²) in [5.41, 5.74) is 1.80. The molecule has 0 aliphatic heterocycles. The van der Waals surface area contributed by atoms with Gasteiger partial charge in [0, 0.05) is 36.4 Å². The third kappa shape index (κ3) is 3.69. The van der Waals surface area contributed by atoms with Gasteiger partial charge in [0.05, 0.1) is 5.39 Å². The standard InChI is InChI=1S/C21H24N4O2/c1-5-25(14(2)3)16-12-10-15(11-13-16)22-20(26)19-17-8-6-7-9-18(17)21(27)24(4)23-19/h6-14H,5H2,1-4H3,(H,22,26). The number of hydrogen-bond acceptors (Lipinski definition) is 4. The number of carbonyl (C=O) groups is 1. The average Bonchev–Trinajstić information content (AvgIpc) is 2.66. The molecule has 0 aliphatic rings. The number of nitrogens with one attached hydrogen (secondary N) is 1. The van der Waals surface area contributed by atoms with E-state index in [1.54, 1.807) is 31.3 Å². The van der Waals surface area contributed by atoms with E-state index in [1.165, 1.54) is 4.68 Å². The van der Waals surface area contributed by atoms with Crippen LogP contribution in [0, 0.1) is 0 Å². The van der Waals surface area contributed by atoms with Crippen LogP contribution < -0.4 is 15.8 Å². The summed E-state index contributed by atoms with van der Waals surface area (Å²) in [6, 6.07) is 15.1. The van der Waals surface area contributed by atoms with Crippen molar-refractivity contribution in [1.82, 2.24) is 9.78 Å². The van der Waals surface area contributed by atoms with Crippen LogP contribution in [0.5, 0.6) is 0 Å². The molecule has 1 aromatic heterocycles. The van der Waals surface area contributed by atoms with Crippen molar-refractivity contribution >= 4 is 28.1 Å². The molecule has 3 aromatic rings. The molecule has 6 heteroatoms. The van der Waals surface area contributed by atoms with Crippen LogP contribution in [-0.2, 0) is 7.05 Å². The van der Waals surface area contributed by atoms with Crippen LogP contribution in [0.25, 0.3) is 10.8 Å². The minimum absolute atomic E-state index is 0.222. The van der Waals surface area contributed by atoms with Crippen LogP contribution in [0.4, 0.5) is 11.4 Å². The normalized spacial score (nSPS) is 11.0. The number of rotatable bonds is 5. The van der Waals surface area contributed by atoms with E-state index in [0.29, 0.717) is 22.5 Å². The Morgan fingerprint density at radius 1 is 1.11 bits per heavy atom. The first-order valence-corrected chi connectivity index (χ1v) is 9.06. The molecule has 0 saturated heterocycles. The summed E-state index contributed by atoms with van der Waals surface area (Å²) in [6.07, 6.45) is 0. The fraction of sp³-hybridized carbons (Fsp3) is 0.286. The van der Waals surface area contributed by atoms with E-state index in [-0.39, 0.29) is 17.2 Å². The van der Waals surface area contributed by atoms with Gasteiger partial charge in [-0.2, -0.15) is 5.10 Å². The SMILES string of the molecule is CCN(c1ccc(NC(=O)c2nn(C)c(=O)c3ccccc23)cc1)C(C)C. The highest BCUT2D eigenvalue weighted by molar-refractivity contribution is 6.11. The quantitative estimate of drug-likeness (QED) is 0.753. The molecular formula is C21H24N4O2. The molecule has 1 N–H and O–H groups in total. The molecule has 0 radical (unpaired) electrons. The van der Waals surface area contributed by atoms with Crippen molar-refractivity contribution < 1.29 is 4.79 Å². The van der Waals surface area contributed by atoms with E-state index < -0.39 is 0 Å². The summed E-state index contributed by atoms with van der Waals surface area (Å²) >= 11 is 0. The highest BCUT2D eigenvalue weighted by atomic mass is 16.2. The van der Waals surface area contributed by atoms with Gasteiger partial charge in [0.2, 0.25) is 0 Å². The zero-order valence-corrected chi connectivity index (χ0v) is 16.1. The average molecular weight is 364 g/mol. The molecular weight excluding hydrogens is 340 g/mol. The number of carbonyl (C=O) groups excluding carboxylic acids is 1. The van der Waals surface area contributed by atoms with Crippen molar-refractivity contribution in [3.63, 3.8) is 0 Å². The van der Waals surface area contributed by atoms with E-state index >= 15 is 0 Å². The number of fused-ring (bicyclic) bond motifs is 1. The molecule has 0 fully saturated rings. The Morgan fingerprint density at radius 3 is 2.33 bits per heavy atom. The molecule has 0 unspecified atom stereocenters. The highest BCUT2D eigenvalue weighted by Gasteiger charge is 2.16. The molecule has 0 spiro atoms. The van der Waals surface area contributed by atoms with Crippen LogP contribution in [0.2, 0.25) is 0 Å². The summed E-state index contributed by atoms with van der Waals surface area (Å²) in [7, 11) is 1.55. The Bertz CT molecular complexity index is 1020. The summed E-state index contributed by atoms with van der Waals surface area (Å²) in [5.74, 6) is -0.342. The maximum absolute atomic E-state index is 12.8. The lowest BCUT2D eigenvalue weighted by Gasteiger charge is -2.27. The Hall–Kier alpha value is -3.15. The first-order chi connectivity index (χ1) is 12.9. The fourth-order valence-electron chi connectivity index (χ4n) is 3.24. The fourth-order valence-corrected chi connectivity index (χ4v) is 3.24. The second-order valence-electron chi connectivity index (χ2n) is 6.70. The number of nitrogens with zero attached hydrogens (tertiary/aromatic N) is 3. The Labute approximate surface area is 158 Å². The van der Waals surface area contributed by atoms with Gasteiger partial charge >= 0.3 is 0 Å². The van der Waals surface area contributed by atoms with Crippen LogP contribution in [0.15, 0.2) is 53.3 Å². The zero-order valence-electron chi connectivity index (χ0n) is 16.1. The third-order valence-electron chi connectivity index (χ3n) is 4.59. The molecule has 140 valence electrons. The lowest BCUT2D eigenvalue weighted by atomic mass is 10.1. The molecule has 0 atom stereocenters. The second-order valence-corrected chi connectivity index (χ2v) is 6.70. The second kappa shape index (κ2) is 7.61. The minimum Gasteiger partial charge on any atom is -0.369 e. The van der Waals surface area contributed by atoms with E-state index in [4.69, 9.17) is 0 Å². The molecule has 3 rings (SSSR count). The van der Waals surface area contributed by atoms with Gasteiger partial charge in [-0.1, -0.05) is 18.2 Å². The van der Waals surface area contributed by atoms with E-state index in [1.807, 2.05) is 24.3 Å². The Kier molecular flexibility index (Phi) is 5.26. The molecule has 1 amide bonds. The van der Waals surface area contributed by atoms with E-state index in [0.717, 1.165) is 12.2 Å². The van der Waals surface area contributed by atoms with Crippen molar-refractivity contribution in [3.8, 4) is 0 Å². The van der Waals surface area contributed by atoms with Crippen molar-refractivity contribution in [2.75, 3.05) is 16.8 Å². The highest BCUT2D eigenvalue weighted by Crippen LogP contribution is 2.21. The minimum atomic E-state index is -0.342. The molecule has 0 aliphatic carbocycles. The zero-order chi connectivity index (χ0) is 19.6. The van der Waals surface area contributed by atoms with Gasteiger partial charge in [-0.25, -0.2) is 4.68 Å². The van der Waals surface area contributed by atoms with Gasteiger partial charge < -0.3 is 10.2 Å². The maximum Gasteiger partial charge on any atom is 0.276 e. The van der Waals surface area contributed by atoms with E-state index in [2.05, 4.69) is 36.1 Å². The van der Waals surface area contributed by atoms with Crippen LogP contribution >= 0.6 is 0 Å². The van der Waals surface area contributed by atoms with Gasteiger partial charge in [0.15, 0.2) is 5.69 Å². The number of benzene rings is 2. The van der Waals surface area contributed by atoms with Crippen molar-refractivity contribution in [2.45, 2.75) is 26.8 Å². The van der Waals surface area contributed by atoms with Crippen LogP contribution in [0.1, 0.15) is 31.3 Å². The summed E-state index contributed by atoms with van der Waals surface area (Å²) in [5, 5.41) is 8.06. The third-order valence-corrected chi connectivity index (χ3v) is 4.59. The molecule has 2 aromatic carbocycles. The lowest BCUT2D eigenvalue weighted by molar-refractivity contribution is 0.102. The summed E-state index contributed by atoms with van der Waals surface area (Å²) < 4.78 is 1.20. The number of aryl methyl sites for hydroxylation is 1. The van der Waals surface area contributed by atoms with Gasteiger partial charge in [0.25, 0.3) is 11.5 Å². The number of hydrogen-bond donors (Lipinski definition) is 1. The lowest BCUT2D eigenvalue weighted by Crippen LogP contribution is -2.30. The monoisotopic (exact) mass is 364 g/mol. The van der Waals surface area contributed by atoms with Crippen molar-refractivity contribution in [3.05, 3.63) is 64.6 Å². The largest absolute Gasteiger partial charge is 0.369 e. The van der Waals surface area contributed by atoms with E-state index in [9.17, 15) is 9.59 Å². The molecule has 0 bridgehead atoms. The van der Waals surface area contributed by atoms with Crippen LogP contribution in [0.3, 0.4) is 0 Å². The van der Waals surface area contributed by atoms with Crippen molar-refractivity contribution in [2.24, 2.45) is 7.05 Å². The Balaban J connectivity index is 1.89. The molecule has 27 heavy (non-hydrogen) atoms. The van der Waals surface area contributed by atoms with Gasteiger partial charge in [-0.15, -0.1) is 0 Å². The summed E-state index contributed by atoms with van der Waals surface area (Å²) in [6.45, 7) is 7.33. The molecule has 6 nitrogen and oxygen atoms in total. The number of aromatic nitrogens is 2. The Morgan fingerprint density at radius 2 is 1.74 bits per heavy atom. The first kappa shape index (κ1) is 18.6. The maximum atomic E-state index is 12.8. The predicted molar refractivity (Wildman–Crippen MR) is 110 cm³/mol. The topological polar surface area (TPSA) is 67.2 Å². The molecule has 0 saturated carbocycles. The van der Waals surface area contributed by atoms with Crippen molar-refractivity contribution in [1.29, 1.82) is 0 Å². The van der Waals surface area contributed by atoms with Gasteiger partial charge in [-0.3, -0.25) is 9.59 Å². The first-order valence-electron chi connectivity index (χ1n) is 9.06. The van der Waals surface area contributed by atoms with Crippen LogP contribution in [-0.4, -0.2) is 28.3 Å². The predicted octanol–water partition coefficient (Wildman–Crippen LogP) is 3.42.